The van der Waals surface area contributed by atoms with Crippen LogP contribution in [0.15, 0.2) is 61.2 Å². The molecule has 1 amide bonds. The molecule has 1 aliphatic rings. The molecule has 1 atom stereocenters. The standard InChI is InChI=1S/C20H22F4O4.C7H13NO.C6H13N.C5H12O3S/c1-14(10-25)11-27-17-6-2-15(3-7-17)20(23,24)16-4-8-18(9-5-16)28-13-19(21,22)12-26;1-5-6(9)8-7(2,3)4;1-6(2,3)7-4-5-7;1-5(2,3)8-9(4,6)7/h2-9,14,25-26H,10-13H2,1H3;5H,1H2,2-4H3,(H,8,9);4-5H2,1-3H3;1-4H3. The van der Waals surface area contributed by atoms with Gasteiger partial charge in [0.1, 0.15) is 18.1 Å². The minimum absolute atomic E-state index is 0.00516. The van der Waals surface area contributed by atoms with Crippen LogP contribution in [-0.4, -0.2) is 97.8 Å². The van der Waals surface area contributed by atoms with Gasteiger partial charge in [-0.15, -0.1) is 0 Å². The molecule has 0 aliphatic carbocycles. The van der Waals surface area contributed by atoms with Gasteiger partial charge in [0.05, 0.1) is 18.5 Å². The number of aliphatic hydroxyl groups is 2. The summed E-state index contributed by atoms with van der Waals surface area (Å²) in [5.41, 5.74) is -0.884. The number of amides is 1. The van der Waals surface area contributed by atoms with Gasteiger partial charge in [0.25, 0.3) is 16.0 Å². The summed E-state index contributed by atoms with van der Waals surface area (Å²) in [7, 11) is -3.28. The Labute approximate surface area is 313 Å². The van der Waals surface area contributed by atoms with Crippen LogP contribution in [0.25, 0.3) is 0 Å². The number of halogens is 4. The van der Waals surface area contributed by atoms with Gasteiger partial charge in [0, 0.05) is 47.8 Å². The maximum atomic E-state index is 14.7. The van der Waals surface area contributed by atoms with Crippen LogP contribution in [0.5, 0.6) is 11.5 Å². The van der Waals surface area contributed by atoms with Gasteiger partial charge in [-0.3, -0.25) is 13.9 Å². The number of ether oxygens (including phenoxy) is 2. The molecule has 53 heavy (non-hydrogen) atoms. The topological polar surface area (TPSA) is 134 Å². The number of benzene rings is 2. The molecule has 10 nitrogen and oxygen atoms in total. The molecule has 1 fully saturated rings. The Hall–Kier alpha value is -3.24. The lowest BCUT2D eigenvalue weighted by Gasteiger charge is -2.19. The number of alkyl halides is 4. The van der Waals surface area contributed by atoms with Crippen molar-refractivity contribution >= 4 is 16.0 Å². The number of rotatable bonds is 12. The van der Waals surface area contributed by atoms with Gasteiger partial charge in [0.2, 0.25) is 5.91 Å². The maximum absolute atomic E-state index is 14.7. The fourth-order valence-electron chi connectivity index (χ4n) is 3.81. The summed E-state index contributed by atoms with van der Waals surface area (Å²) in [5.74, 6) is -6.49. The van der Waals surface area contributed by atoms with E-state index in [1.54, 1.807) is 27.7 Å². The Balaban J connectivity index is 0.000000871. The predicted octanol–water partition coefficient (Wildman–Crippen LogP) is 6.79. The van der Waals surface area contributed by atoms with Crippen molar-refractivity contribution in [1.82, 2.24) is 10.2 Å². The van der Waals surface area contributed by atoms with Crippen LogP contribution in [0.2, 0.25) is 0 Å². The Kier molecular flexibility index (Phi) is 19.7. The molecule has 2 aromatic rings. The third-order valence-electron chi connectivity index (χ3n) is 6.44. The van der Waals surface area contributed by atoms with Crippen LogP contribution >= 0.6 is 0 Å². The SMILES string of the molecule is C=CC(=O)NC(C)(C)C.CC(C)(C)N1CC1.CC(C)(C)OS(C)(=O)=O.CC(CO)COc1ccc(C(F)(F)c2ccc(OCC(F)(F)CO)cc2)cc1. The van der Waals surface area contributed by atoms with Crippen LogP contribution in [-0.2, 0) is 25.0 Å². The molecule has 1 saturated heterocycles. The van der Waals surface area contributed by atoms with Gasteiger partial charge in [-0.05, 0) is 117 Å². The molecule has 1 aliphatic heterocycles. The number of nitrogens with zero attached hydrogens (tertiary/aromatic N) is 1. The molecule has 2 aromatic carbocycles. The first-order valence-electron chi connectivity index (χ1n) is 17.0. The second-order valence-corrected chi connectivity index (χ2v) is 17.1. The van der Waals surface area contributed by atoms with Crippen molar-refractivity contribution in [3.05, 3.63) is 72.3 Å². The van der Waals surface area contributed by atoms with Crippen LogP contribution in [0.1, 0.15) is 80.4 Å². The van der Waals surface area contributed by atoms with E-state index in [1.165, 1.54) is 55.6 Å². The first-order valence-corrected chi connectivity index (χ1v) is 18.8. The fourth-order valence-corrected chi connectivity index (χ4v) is 4.72. The van der Waals surface area contributed by atoms with Gasteiger partial charge in [0.15, 0.2) is 6.61 Å². The van der Waals surface area contributed by atoms with E-state index >= 15 is 0 Å². The smallest absolute Gasteiger partial charge is 0.303 e. The molecule has 304 valence electrons. The monoisotopic (exact) mass is 780 g/mol. The lowest BCUT2D eigenvalue weighted by molar-refractivity contribution is -0.117. The van der Waals surface area contributed by atoms with E-state index in [1.807, 2.05) is 20.8 Å². The molecule has 0 bridgehead atoms. The second kappa shape index (κ2) is 21.0. The molecule has 3 N–H and O–H groups in total. The second-order valence-electron chi connectivity index (χ2n) is 15.5. The zero-order chi connectivity index (χ0) is 41.5. The van der Waals surface area contributed by atoms with E-state index in [0.717, 1.165) is 18.4 Å². The first kappa shape index (κ1) is 49.8. The lowest BCUT2D eigenvalue weighted by atomic mass is 10.0. The number of hydrogen-bond acceptors (Lipinski definition) is 9. The zero-order valence-corrected chi connectivity index (χ0v) is 33.8. The van der Waals surface area contributed by atoms with Crippen molar-refractivity contribution in [2.45, 2.75) is 97.8 Å². The molecule has 0 radical (unpaired) electrons. The Morgan fingerprint density at radius 2 is 1.30 bits per heavy atom. The minimum Gasteiger partial charge on any atom is -0.493 e. The fraction of sp³-hybridized carbons (Fsp3) is 0.605. The molecule has 0 saturated carbocycles. The average Bonchev–Trinajstić information content (AvgIpc) is 3.88. The highest BCUT2D eigenvalue weighted by atomic mass is 32.2. The number of aliphatic hydroxyl groups excluding tert-OH is 2. The molecule has 1 heterocycles. The van der Waals surface area contributed by atoms with Gasteiger partial charge >= 0.3 is 5.92 Å². The van der Waals surface area contributed by atoms with Crippen molar-refractivity contribution in [2.24, 2.45) is 5.92 Å². The first-order chi connectivity index (χ1) is 23.9. The molecule has 1 unspecified atom stereocenters. The summed E-state index contributed by atoms with van der Waals surface area (Å²) in [6, 6.07) is 9.86. The third-order valence-corrected chi connectivity index (χ3v) is 7.24. The summed E-state index contributed by atoms with van der Waals surface area (Å²) in [4.78, 5) is 13.0. The number of nitrogens with one attached hydrogen (secondary N) is 1. The molecule has 3 rings (SSSR count). The largest absolute Gasteiger partial charge is 0.493 e. The molecular formula is C38H60F4N2O8S. The summed E-state index contributed by atoms with van der Waals surface area (Å²) in [5, 5.41) is 20.2. The minimum atomic E-state index is -3.40. The lowest BCUT2D eigenvalue weighted by Crippen LogP contribution is -2.39. The van der Waals surface area contributed by atoms with E-state index in [9.17, 15) is 30.8 Å². The number of carbonyl (C=O) groups is 1. The summed E-state index contributed by atoms with van der Waals surface area (Å²) < 4.78 is 91.0. The normalized spacial score (nSPS) is 14.1. The van der Waals surface area contributed by atoms with Crippen LogP contribution in [0.4, 0.5) is 17.6 Å². The maximum Gasteiger partial charge on any atom is 0.303 e. The van der Waals surface area contributed by atoms with E-state index < -0.39 is 40.8 Å². The zero-order valence-electron chi connectivity index (χ0n) is 32.9. The van der Waals surface area contributed by atoms with Crippen LogP contribution in [0, 0.1) is 5.92 Å². The Bertz CT molecular complexity index is 1480. The van der Waals surface area contributed by atoms with Crippen molar-refractivity contribution in [3.8, 4) is 11.5 Å². The van der Waals surface area contributed by atoms with E-state index in [-0.39, 0.29) is 47.5 Å². The highest BCUT2D eigenvalue weighted by Crippen LogP contribution is 2.37. The van der Waals surface area contributed by atoms with Gasteiger partial charge in [-0.2, -0.15) is 17.2 Å². The van der Waals surface area contributed by atoms with Crippen LogP contribution < -0.4 is 14.8 Å². The van der Waals surface area contributed by atoms with E-state index in [4.69, 9.17) is 19.7 Å². The van der Waals surface area contributed by atoms with Gasteiger partial charge in [-0.25, -0.2) is 8.78 Å². The quantitative estimate of drug-likeness (QED) is 0.0922. The van der Waals surface area contributed by atoms with Crippen molar-refractivity contribution in [1.29, 1.82) is 0 Å². The highest BCUT2D eigenvalue weighted by Gasteiger charge is 2.34. The molecule has 0 spiro atoms. The average molecular weight is 781 g/mol. The van der Waals surface area contributed by atoms with Crippen molar-refractivity contribution < 1.29 is 54.6 Å². The number of carbonyl (C=O) groups excluding carboxylic acids is 1. The van der Waals surface area contributed by atoms with Crippen molar-refractivity contribution in [3.63, 3.8) is 0 Å². The molecule has 0 aromatic heterocycles. The predicted molar refractivity (Wildman–Crippen MR) is 200 cm³/mol. The third kappa shape index (κ3) is 23.9. The highest BCUT2D eigenvalue weighted by molar-refractivity contribution is 7.86. The van der Waals surface area contributed by atoms with Gasteiger partial charge in [-0.1, -0.05) is 13.5 Å². The van der Waals surface area contributed by atoms with Crippen LogP contribution in [0.3, 0.4) is 0 Å². The summed E-state index contributed by atoms with van der Waals surface area (Å²) in [6.45, 7) is 23.2. The van der Waals surface area contributed by atoms with Gasteiger partial charge < -0.3 is 25.0 Å². The van der Waals surface area contributed by atoms with Crippen molar-refractivity contribution in [2.75, 3.05) is 45.8 Å². The molecular weight excluding hydrogens is 720 g/mol. The Morgan fingerprint density at radius 3 is 1.55 bits per heavy atom. The van der Waals surface area contributed by atoms with E-state index in [0.29, 0.717) is 11.3 Å². The number of hydrogen-bond donors (Lipinski definition) is 3. The summed E-state index contributed by atoms with van der Waals surface area (Å²) in [6.07, 6.45) is 2.31. The van der Waals surface area contributed by atoms with E-state index in [2.05, 4.69) is 41.7 Å². The Morgan fingerprint density at radius 1 is 0.868 bits per heavy atom. The summed E-state index contributed by atoms with van der Waals surface area (Å²) >= 11 is 0. The molecule has 15 heteroatoms.